The summed E-state index contributed by atoms with van der Waals surface area (Å²) in [6, 6.07) is 13.3. The molecule has 0 aliphatic carbocycles. The topological polar surface area (TPSA) is 66.9 Å². The molecule has 0 radical (unpaired) electrons. The lowest BCUT2D eigenvalue weighted by Crippen LogP contribution is -2.16. The summed E-state index contributed by atoms with van der Waals surface area (Å²) in [5, 5.41) is 5.76. The van der Waals surface area contributed by atoms with Crippen molar-refractivity contribution in [3.8, 4) is 0 Å². The molecule has 28 heavy (non-hydrogen) atoms. The lowest BCUT2D eigenvalue weighted by Gasteiger charge is -2.23. The van der Waals surface area contributed by atoms with Gasteiger partial charge < -0.3 is 10.6 Å². The van der Waals surface area contributed by atoms with Crippen molar-refractivity contribution in [1.29, 1.82) is 0 Å². The number of halogens is 2. The maximum Gasteiger partial charge on any atom is 0.274 e. The summed E-state index contributed by atoms with van der Waals surface area (Å²) in [5.74, 6) is -0.690. The minimum absolute atomic E-state index is 0.0679. The van der Waals surface area contributed by atoms with Gasteiger partial charge in [-0.15, -0.1) is 0 Å². The largest absolute Gasteiger partial charge is 0.324 e. The van der Waals surface area contributed by atoms with E-state index in [2.05, 4.69) is 41.4 Å². The SMILES string of the molecule is CC(C)(C)c1ccccc1Nc1nccc(C(=O)Nc2ccc(F)c(Cl)c2)n1. The van der Waals surface area contributed by atoms with E-state index in [0.717, 1.165) is 11.3 Å². The van der Waals surface area contributed by atoms with Crippen LogP contribution in [-0.4, -0.2) is 15.9 Å². The molecule has 2 aromatic carbocycles. The van der Waals surface area contributed by atoms with Gasteiger partial charge in [-0.1, -0.05) is 50.6 Å². The van der Waals surface area contributed by atoms with Gasteiger partial charge in [0.2, 0.25) is 5.95 Å². The van der Waals surface area contributed by atoms with Crippen molar-refractivity contribution in [3.05, 3.63) is 76.8 Å². The molecule has 0 bridgehead atoms. The smallest absolute Gasteiger partial charge is 0.274 e. The summed E-state index contributed by atoms with van der Waals surface area (Å²) in [4.78, 5) is 21.0. The summed E-state index contributed by atoms with van der Waals surface area (Å²) >= 11 is 5.75. The van der Waals surface area contributed by atoms with Crippen molar-refractivity contribution < 1.29 is 9.18 Å². The molecule has 1 amide bonds. The standard InChI is InChI=1S/C21H20ClFN4O/c1-21(2,3)14-6-4-5-7-17(14)26-20-24-11-10-18(27-20)19(28)25-13-8-9-16(23)15(22)12-13/h4-12H,1-3H3,(H,25,28)(H,24,26,27). The molecular weight excluding hydrogens is 379 g/mol. The predicted molar refractivity (Wildman–Crippen MR) is 110 cm³/mol. The van der Waals surface area contributed by atoms with Gasteiger partial charge >= 0.3 is 0 Å². The molecule has 2 N–H and O–H groups in total. The van der Waals surface area contributed by atoms with Crippen LogP contribution in [0.25, 0.3) is 0 Å². The molecule has 0 saturated carbocycles. The maximum absolute atomic E-state index is 13.3. The Bertz CT molecular complexity index is 1020. The Morgan fingerprint density at radius 3 is 2.57 bits per heavy atom. The fourth-order valence-corrected chi connectivity index (χ4v) is 2.86. The second-order valence-corrected chi connectivity index (χ2v) is 7.68. The monoisotopic (exact) mass is 398 g/mol. The highest BCUT2D eigenvalue weighted by Crippen LogP contribution is 2.30. The second kappa shape index (κ2) is 7.94. The zero-order chi connectivity index (χ0) is 20.3. The van der Waals surface area contributed by atoms with E-state index < -0.39 is 11.7 Å². The third-order valence-electron chi connectivity index (χ3n) is 4.05. The van der Waals surface area contributed by atoms with E-state index >= 15 is 0 Å². The number of nitrogens with one attached hydrogen (secondary N) is 2. The molecule has 1 heterocycles. The third-order valence-corrected chi connectivity index (χ3v) is 4.34. The van der Waals surface area contributed by atoms with Crippen LogP contribution >= 0.6 is 11.6 Å². The number of hydrogen-bond acceptors (Lipinski definition) is 4. The Morgan fingerprint density at radius 2 is 1.86 bits per heavy atom. The predicted octanol–water partition coefficient (Wildman–Crippen LogP) is 5.56. The Balaban J connectivity index is 1.81. The molecule has 0 fully saturated rings. The van der Waals surface area contributed by atoms with Crippen LogP contribution in [-0.2, 0) is 5.41 Å². The molecule has 3 aromatic rings. The lowest BCUT2D eigenvalue weighted by molar-refractivity contribution is 0.102. The number of carbonyl (C=O) groups excluding carboxylic acids is 1. The van der Waals surface area contributed by atoms with Gasteiger partial charge in [0.25, 0.3) is 5.91 Å². The minimum atomic E-state index is -0.550. The molecular formula is C21H20ClFN4O. The van der Waals surface area contributed by atoms with Gasteiger partial charge in [-0.3, -0.25) is 4.79 Å². The Labute approximate surface area is 168 Å². The van der Waals surface area contributed by atoms with E-state index in [1.807, 2.05) is 24.3 Å². The summed E-state index contributed by atoms with van der Waals surface area (Å²) in [6.07, 6.45) is 1.50. The Kier molecular flexibility index (Phi) is 5.61. The molecule has 1 aromatic heterocycles. The average molecular weight is 399 g/mol. The third kappa shape index (κ3) is 4.64. The van der Waals surface area contributed by atoms with Crippen LogP contribution in [0.3, 0.4) is 0 Å². The minimum Gasteiger partial charge on any atom is -0.324 e. The van der Waals surface area contributed by atoms with Crippen LogP contribution in [0, 0.1) is 5.82 Å². The number of carbonyl (C=O) groups is 1. The quantitative estimate of drug-likeness (QED) is 0.603. The van der Waals surface area contributed by atoms with Crippen LogP contribution in [0.15, 0.2) is 54.7 Å². The van der Waals surface area contributed by atoms with E-state index in [1.54, 1.807) is 0 Å². The molecule has 144 valence electrons. The van der Waals surface area contributed by atoms with E-state index in [9.17, 15) is 9.18 Å². The van der Waals surface area contributed by atoms with Crippen LogP contribution in [0.2, 0.25) is 5.02 Å². The van der Waals surface area contributed by atoms with Crippen molar-refractivity contribution in [3.63, 3.8) is 0 Å². The van der Waals surface area contributed by atoms with Crippen molar-refractivity contribution in [2.45, 2.75) is 26.2 Å². The van der Waals surface area contributed by atoms with Crippen molar-refractivity contribution >= 4 is 34.8 Å². The van der Waals surface area contributed by atoms with E-state index in [4.69, 9.17) is 11.6 Å². The summed E-state index contributed by atoms with van der Waals surface area (Å²) in [7, 11) is 0. The second-order valence-electron chi connectivity index (χ2n) is 7.27. The van der Waals surface area contributed by atoms with Crippen LogP contribution in [0.1, 0.15) is 36.8 Å². The van der Waals surface area contributed by atoms with Crippen molar-refractivity contribution in [2.75, 3.05) is 10.6 Å². The van der Waals surface area contributed by atoms with E-state index in [0.29, 0.717) is 11.6 Å². The Hall–Kier alpha value is -2.99. The van der Waals surface area contributed by atoms with Gasteiger partial charge in [-0.2, -0.15) is 0 Å². The number of nitrogens with zero attached hydrogens (tertiary/aromatic N) is 2. The molecule has 7 heteroatoms. The molecule has 0 aliphatic rings. The van der Waals surface area contributed by atoms with Crippen LogP contribution < -0.4 is 10.6 Å². The first kappa shape index (κ1) is 19.8. The number of amides is 1. The number of benzene rings is 2. The molecule has 0 aliphatic heterocycles. The Morgan fingerprint density at radius 1 is 1.11 bits per heavy atom. The number of hydrogen-bond donors (Lipinski definition) is 2. The van der Waals surface area contributed by atoms with Gasteiger partial charge in [-0.05, 0) is 41.3 Å². The summed E-state index contributed by atoms with van der Waals surface area (Å²) in [5.41, 5.74) is 2.46. The highest BCUT2D eigenvalue weighted by molar-refractivity contribution is 6.31. The summed E-state index contributed by atoms with van der Waals surface area (Å²) < 4.78 is 13.3. The number of anilines is 3. The normalized spacial score (nSPS) is 11.2. The molecule has 0 spiro atoms. The van der Waals surface area contributed by atoms with Gasteiger partial charge in [0.15, 0.2) is 0 Å². The van der Waals surface area contributed by atoms with Crippen molar-refractivity contribution in [1.82, 2.24) is 9.97 Å². The van der Waals surface area contributed by atoms with Crippen LogP contribution in [0.5, 0.6) is 0 Å². The molecule has 0 atom stereocenters. The maximum atomic E-state index is 13.3. The first-order chi connectivity index (χ1) is 13.2. The highest BCUT2D eigenvalue weighted by Gasteiger charge is 2.18. The zero-order valence-electron chi connectivity index (χ0n) is 15.8. The average Bonchev–Trinajstić information content (AvgIpc) is 2.64. The van der Waals surface area contributed by atoms with Crippen molar-refractivity contribution in [2.24, 2.45) is 0 Å². The molecule has 0 unspecified atom stereocenters. The zero-order valence-corrected chi connectivity index (χ0v) is 16.5. The molecule has 0 saturated heterocycles. The lowest BCUT2D eigenvalue weighted by atomic mass is 9.86. The highest BCUT2D eigenvalue weighted by atomic mass is 35.5. The van der Waals surface area contributed by atoms with Gasteiger partial charge in [0, 0.05) is 17.6 Å². The number of aromatic nitrogens is 2. The summed E-state index contributed by atoms with van der Waals surface area (Å²) in [6.45, 7) is 6.35. The molecule has 3 rings (SSSR count). The molecule has 5 nitrogen and oxygen atoms in total. The fourth-order valence-electron chi connectivity index (χ4n) is 2.68. The van der Waals surface area contributed by atoms with Crippen LogP contribution in [0.4, 0.5) is 21.7 Å². The van der Waals surface area contributed by atoms with E-state index in [1.165, 1.54) is 30.5 Å². The van der Waals surface area contributed by atoms with Gasteiger partial charge in [-0.25, -0.2) is 14.4 Å². The first-order valence-corrected chi connectivity index (χ1v) is 9.08. The van der Waals surface area contributed by atoms with Gasteiger partial charge in [0.1, 0.15) is 11.5 Å². The first-order valence-electron chi connectivity index (χ1n) is 8.70. The number of rotatable bonds is 4. The fraction of sp³-hybridized carbons (Fsp3) is 0.190. The van der Waals surface area contributed by atoms with Gasteiger partial charge in [0.05, 0.1) is 5.02 Å². The number of para-hydroxylation sites is 1. The van der Waals surface area contributed by atoms with E-state index in [-0.39, 0.29) is 16.1 Å².